The second kappa shape index (κ2) is 7.33. The van der Waals surface area contributed by atoms with Gasteiger partial charge in [0, 0.05) is 19.2 Å². The van der Waals surface area contributed by atoms with Crippen molar-refractivity contribution >= 4 is 18.3 Å². The molecule has 2 aromatic rings. The third-order valence-corrected chi connectivity index (χ3v) is 3.66. The van der Waals surface area contributed by atoms with E-state index >= 15 is 0 Å². The third kappa shape index (κ3) is 3.61. The summed E-state index contributed by atoms with van der Waals surface area (Å²) in [6, 6.07) is 12.6. The van der Waals surface area contributed by atoms with Gasteiger partial charge in [0.25, 0.3) is 11.9 Å². The van der Waals surface area contributed by atoms with Gasteiger partial charge in [0.1, 0.15) is 5.75 Å². The first-order valence-corrected chi connectivity index (χ1v) is 7.08. The molecule has 2 N–H and O–H groups in total. The summed E-state index contributed by atoms with van der Waals surface area (Å²) >= 11 is 0. The molecule has 0 bridgehead atoms. The number of ether oxygens (including phenoxy) is 1. The molecular weight excluding hydrogens is 304 g/mol. The van der Waals surface area contributed by atoms with E-state index in [1.807, 2.05) is 30.3 Å². The van der Waals surface area contributed by atoms with Crippen molar-refractivity contribution in [2.45, 2.75) is 6.42 Å². The van der Waals surface area contributed by atoms with Gasteiger partial charge in [-0.3, -0.25) is 4.79 Å². The van der Waals surface area contributed by atoms with Crippen LogP contribution >= 0.6 is 12.4 Å². The summed E-state index contributed by atoms with van der Waals surface area (Å²) in [6.45, 7) is 2.05. The van der Waals surface area contributed by atoms with Crippen LogP contribution in [0.2, 0.25) is 0 Å². The van der Waals surface area contributed by atoms with E-state index in [9.17, 15) is 4.79 Å². The molecular formula is C16H19ClN2O3. The highest BCUT2D eigenvalue weighted by molar-refractivity contribution is 5.91. The molecule has 1 atom stereocenters. The highest BCUT2D eigenvalue weighted by Crippen LogP contribution is 2.25. The number of furan rings is 1. The number of rotatable bonds is 4. The number of carbonyl (C=O) groups excluding carboxylic acids is 1. The molecule has 118 valence electrons. The summed E-state index contributed by atoms with van der Waals surface area (Å²) in [7, 11) is 0. The van der Waals surface area contributed by atoms with Crippen LogP contribution in [0.15, 0.2) is 46.9 Å². The lowest BCUT2D eigenvalue weighted by atomic mass is 10.1. The van der Waals surface area contributed by atoms with Crippen LogP contribution < -0.4 is 10.5 Å². The minimum absolute atomic E-state index is 0. The third-order valence-electron chi connectivity index (χ3n) is 3.66. The summed E-state index contributed by atoms with van der Waals surface area (Å²) in [4.78, 5) is 14.1. The first kappa shape index (κ1) is 16.4. The van der Waals surface area contributed by atoms with Gasteiger partial charge in [-0.1, -0.05) is 18.2 Å². The van der Waals surface area contributed by atoms with E-state index in [0.29, 0.717) is 36.5 Å². The average molecular weight is 323 g/mol. The molecule has 1 aliphatic heterocycles. The highest BCUT2D eigenvalue weighted by Gasteiger charge is 2.27. The van der Waals surface area contributed by atoms with E-state index in [1.54, 1.807) is 17.0 Å². The molecule has 1 unspecified atom stereocenters. The van der Waals surface area contributed by atoms with Crippen molar-refractivity contribution in [3.8, 4) is 11.7 Å². The molecule has 22 heavy (non-hydrogen) atoms. The zero-order valence-corrected chi connectivity index (χ0v) is 12.9. The van der Waals surface area contributed by atoms with Gasteiger partial charge in [-0.2, -0.15) is 0 Å². The Morgan fingerprint density at radius 1 is 1.27 bits per heavy atom. The number of para-hydroxylation sites is 1. The van der Waals surface area contributed by atoms with Gasteiger partial charge in [-0.15, -0.1) is 12.4 Å². The van der Waals surface area contributed by atoms with Gasteiger partial charge in [-0.25, -0.2) is 0 Å². The quantitative estimate of drug-likeness (QED) is 0.939. The fourth-order valence-corrected chi connectivity index (χ4v) is 2.46. The van der Waals surface area contributed by atoms with Crippen molar-refractivity contribution in [3.63, 3.8) is 0 Å². The maximum Gasteiger partial charge on any atom is 0.290 e. The number of nitrogens with zero attached hydrogens (tertiary/aromatic N) is 1. The molecule has 0 spiro atoms. The molecule has 1 saturated heterocycles. The number of hydrogen-bond acceptors (Lipinski definition) is 4. The molecule has 1 amide bonds. The number of nitrogens with two attached hydrogens (primary N) is 1. The Morgan fingerprint density at radius 2 is 2.05 bits per heavy atom. The minimum atomic E-state index is -0.103. The molecule has 1 aromatic carbocycles. The first-order valence-electron chi connectivity index (χ1n) is 7.08. The van der Waals surface area contributed by atoms with Crippen LogP contribution in [0.5, 0.6) is 11.7 Å². The van der Waals surface area contributed by atoms with Crippen molar-refractivity contribution in [2.75, 3.05) is 19.6 Å². The van der Waals surface area contributed by atoms with E-state index in [0.717, 1.165) is 13.0 Å². The Hall–Kier alpha value is -1.98. The van der Waals surface area contributed by atoms with Gasteiger partial charge in [0.2, 0.25) is 0 Å². The van der Waals surface area contributed by atoms with E-state index in [1.165, 1.54) is 0 Å². The predicted molar refractivity (Wildman–Crippen MR) is 85.5 cm³/mol. The largest absolute Gasteiger partial charge is 0.426 e. The predicted octanol–water partition coefficient (Wildman–Crippen LogP) is 2.91. The lowest BCUT2D eigenvalue weighted by molar-refractivity contribution is 0.0751. The van der Waals surface area contributed by atoms with E-state index in [2.05, 4.69) is 0 Å². The monoisotopic (exact) mass is 322 g/mol. The lowest BCUT2D eigenvalue weighted by Gasteiger charge is -2.14. The molecule has 1 aromatic heterocycles. The highest BCUT2D eigenvalue weighted by atomic mass is 35.5. The molecule has 1 fully saturated rings. The molecule has 0 aliphatic carbocycles. The zero-order valence-electron chi connectivity index (χ0n) is 12.1. The van der Waals surface area contributed by atoms with Gasteiger partial charge >= 0.3 is 0 Å². The maximum atomic E-state index is 12.3. The first-order chi connectivity index (χ1) is 10.3. The minimum Gasteiger partial charge on any atom is -0.426 e. The number of amides is 1. The van der Waals surface area contributed by atoms with Crippen molar-refractivity contribution in [1.29, 1.82) is 0 Å². The molecule has 5 nitrogen and oxygen atoms in total. The van der Waals surface area contributed by atoms with E-state index in [-0.39, 0.29) is 18.3 Å². The number of halogens is 1. The zero-order chi connectivity index (χ0) is 14.7. The molecule has 6 heteroatoms. The van der Waals surface area contributed by atoms with Gasteiger partial charge < -0.3 is 19.8 Å². The van der Waals surface area contributed by atoms with Crippen molar-refractivity contribution < 1.29 is 13.9 Å². The Bertz CT molecular complexity index is 615. The number of carbonyl (C=O) groups is 1. The molecule has 2 heterocycles. The molecule has 0 saturated carbocycles. The number of hydrogen-bond donors (Lipinski definition) is 1. The second-order valence-electron chi connectivity index (χ2n) is 5.18. The van der Waals surface area contributed by atoms with Crippen LogP contribution in [0.1, 0.15) is 17.0 Å². The van der Waals surface area contributed by atoms with Crippen LogP contribution in [0.3, 0.4) is 0 Å². The summed E-state index contributed by atoms with van der Waals surface area (Å²) < 4.78 is 11.0. The number of likely N-dealkylation sites (tertiary alicyclic amines) is 1. The topological polar surface area (TPSA) is 68.7 Å². The van der Waals surface area contributed by atoms with Crippen molar-refractivity contribution in [1.82, 2.24) is 4.90 Å². The SMILES string of the molecule is Cl.NCC1CCN(C(=O)c2ccc(Oc3ccccc3)o2)C1. The van der Waals surface area contributed by atoms with Gasteiger partial charge in [-0.05, 0) is 37.1 Å². The van der Waals surface area contributed by atoms with Crippen molar-refractivity contribution in [3.05, 3.63) is 48.2 Å². The molecule has 3 rings (SSSR count). The summed E-state index contributed by atoms with van der Waals surface area (Å²) in [6.07, 6.45) is 0.955. The van der Waals surface area contributed by atoms with E-state index < -0.39 is 0 Å². The fourth-order valence-electron chi connectivity index (χ4n) is 2.46. The lowest BCUT2D eigenvalue weighted by Crippen LogP contribution is -2.29. The van der Waals surface area contributed by atoms with Crippen LogP contribution in [-0.4, -0.2) is 30.4 Å². The van der Waals surface area contributed by atoms with Crippen LogP contribution in [0.4, 0.5) is 0 Å². The Balaban J connectivity index is 0.00000176. The maximum absolute atomic E-state index is 12.3. The Labute approximate surface area is 135 Å². The number of benzene rings is 1. The van der Waals surface area contributed by atoms with Gasteiger partial charge in [0.05, 0.1) is 0 Å². The standard InChI is InChI=1S/C16H18N2O3.ClH/c17-10-12-8-9-18(11-12)16(19)14-6-7-15(21-14)20-13-4-2-1-3-5-13;/h1-7,12H,8-11,17H2;1H. The van der Waals surface area contributed by atoms with Crippen LogP contribution in [0.25, 0.3) is 0 Å². The summed E-state index contributed by atoms with van der Waals surface area (Å²) in [5.74, 6) is 1.59. The normalized spacial score (nSPS) is 17.1. The molecule has 0 radical (unpaired) electrons. The van der Waals surface area contributed by atoms with Crippen LogP contribution in [-0.2, 0) is 0 Å². The average Bonchev–Trinajstić information content (AvgIpc) is 3.16. The van der Waals surface area contributed by atoms with Crippen LogP contribution in [0, 0.1) is 5.92 Å². The van der Waals surface area contributed by atoms with Crippen molar-refractivity contribution in [2.24, 2.45) is 11.7 Å². The molecule has 1 aliphatic rings. The fraction of sp³-hybridized carbons (Fsp3) is 0.312. The van der Waals surface area contributed by atoms with Gasteiger partial charge in [0.15, 0.2) is 5.76 Å². The van der Waals surface area contributed by atoms with E-state index in [4.69, 9.17) is 14.9 Å². The second-order valence-corrected chi connectivity index (χ2v) is 5.18. The Kier molecular flexibility index (Phi) is 5.46. The summed E-state index contributed by atoms with van der Waals surface area (Å²) in [5, 5.41) is 0. The summed E-state index contributed by atoms with van der Waals surface area (Å²) in [5.41, 5.74) is 5.64. The Morgan fingerprint density at radius 3 is 2.73 bits per heavy atom. The smallest absolute Gasteiger partial charge is 0.290 e.